The number of aromatic nitrogens is 1. The Morgan fingerprint density at radius 2 is 2.06 bits per heavy atom. The molecule has 1 rings (SSSR count). The molecule has 0 aliphatic rings. The summed E-state index contributed by atoms with van der Waals surface area (Å²) in [5.74, 6) is -0.966. The molecule has 1 heterocycles. The second-order valence-corrected chi connectivity index (χ2v) is 3.85. The summed E-state index contributed by atoms with van der Waals surface area (Å²) in [6.45, 7) is 3.55. The lowest BCUT2D eigenvalue weighted by Gasteiger charge is -2.26. The minimum absolute atomic E-state index is 0.372. The maximum Gasteiger partial charge on any atom is 0.240 e. The Kier molecular flexibility index (Phi) is 4.20. The number of nitrogens with two attached hydrogens (primary N) is 1. The molecule has 0 aromatic carbocycles. The topological polar surface area (TPSA) is 85.1 Å². The Morgan fingerprint density at radius 1 is 1.41 bits per heavy atom. The predicted octanol–water partition coefficient (Wildman–Crippen LogP) is 1.31. The van der Waals surface area contributed by atoms with E-state index in [9.17, 15) is 9.59 Å². The predicted molar refractivity (Wildman–Crippen MR) is 65.1 cm³/mol. The van der Waals surface area contributed by atoms with Crippen molar-refractivity contribution in [3.8, 4) is 0 Å². The van der Waals surface area contributed by atoms with Crippen LogP contribution in [0.4, 0.5) is 5.69 Å². The summed E-state index contributed by atoms with van der Waals surface area (Å²) < 4.78 is 0. The number of rotatable bonds is 5. The first kappa shape index (κ1) is 13.2. The SMILES string of the molecule is CCC(CC)(C(N)=O)C(=O)Nc1cccnc1. The molecule has 0 unspecified atom stereocenters. The lowest BCUT2D eigenvalue weighted by Crippen LogP contribution is -2.46. The maximum absolute atomic E-state index is 12.1. The van der Waals surface area contributed by atoms with Crippen LogP contribution in [-0.4, -0.2) is 16.8 Å². The van der Waals surface area contributed by atoms with Gasteiger partial charge in [0.15, 0.2) is 0 Å². The van der Waals surface area contributed by atoms with Gasteiger partial charge in [0.1, 0.15) is 5.41 Å². The molecule has 92 valence electrons. The lowest BCUT2D eigenvalue weighted by atomic mass is 9.80. The molecule has 0 aliphatic carbocycles. The van der Waals surface area contributed by atoms with Crippen molar-refractivity contribution in [2.24, 2.45) is 11.1 Å². The van der Waals surface area contributed by atoms with E-state index < -0.39 is 11.3 Å². The van der Waals surface area contributed by atoms with Crippen molar-refractivity contribution in [3.63, 3.8) is 0 Å². The standard InChI is InChI=1S/C12H17N3O2/c1-3-12(4-2,10(13)16)11(17)15-9-6-5-7-14-8-9/h5-8H,3-4H2,1-2H3,(H2,13,16)(H,15,17). The third-order valence-corrected chi connectivity index (χ3v) is 3.03. The third kappa shape index (κ3) is 2.61. The molecule has 5 nitrogen and oxygen atoms in total. The average Bonchev–Trinajstić information content (AvgIpc) is 2.32. The molecule has 0 saturated heterocycles. The van der Waals surface area contributed by atoms with Crippen molar-refractivity contribution in [1.82, 2.24) is 4.98 Å². The highest BCUT2D eigenvalue weighted by Crippen LogP contribution is 2.27. The summed E-state index contributed by atoms with van der Waals surface area (Å²) in [5.41, 5.74) is 4.75. The molecule has 0 spiro atoms. The summed E-state index contributed by atoms with van der Waals surface area (Å²) in [5, 5.41) is 2.66. The number of carbonyl (C=O) groups is 2. The van der Waals surface area contributed by atoms with Crippen LogP contribution in [0.3, 0.4) is 0 Å². The molecular formula is C12H17N3O2. The first-order valence-electron chi connectivity index (χ1n) is 5.58. The minimum atomic E-state index is -1.14. The van der Waals surface area contributed by atoms with E-state index in [0.29, 0.717) is 18.5 Å². The van der Waals surface area contributed by atoms with Crippen LogP contribution in [0.2, 0.25) is 0 Å². The van der Waals surface area contributed by atoms with Crippen LogP contribution in [-0.2, 0) is 9.59 Å². The molecule has 17 heavy (non-hydrogen) atoms. The first-order chi connectivity index (χ1) is 8.06. The Morgan fingerprint density at radius 3 is 2.47 bits per heavy atom. The number of pyridine rings is 1. The van der Waals surface area contributed by atoms with Gasteiger partial charge in [-0.15, -0.1) is 0 Å². The number of primary amides is 1. The molecule has 5 heteroatoms. The second-order valence-electron chi connectivity index (χ2n) is 3.85. The van der Waals surface area contributed by atoms with E-state index in [-0.39, 0.29) is 5.91 Å². The second kappa shape index (κ2) is 5.43. The number of nitrogens with one attached hydrogen (secondary N) is 1. The molecule has 0 fully saturated rings. The van der Waals surface area contributed by atoms with E-state index in [4.69, 9.17) is 5.73 Å². The van der Waals surface area contributed by atoms with Crippen molar-refractivity contribution < 1.29 is 9.59 Å². The average molecular weight is 235 g/mol. The van der Waals surface area contributed by atoms with Gasteiger partial charge < -0.3 is 11.1 Å². The van der Waals surface area contributed by atoms with E-state index in [2.05, 4.69) is 10.3 Å². The first-order valence-corrected chi connectivity index (χ1v) is 5.58. The number of anilines is 1. The number of hydrogen-bond donors (Lipinski definition) is 2. The highest BCUT2D eigenvalue weighted by molar-refractivity contribution is 6.09. The molecule has 1 aromatic rings. The largest absolute Gasteiger partial charge is 0.369 e. The fourth-order valence-electron chi connectivity index (χ4n) is 1.72. The zero-order valence-electron chi connectivity index (χ0n) is 10.1. The molecule has 3 N–H and O–H groups in total. The Balaban J connectivity index is 2.91. The van der Waals surface area contributed by atoms with E-state index in [1.165, 1.54) is 6.20 Å². The van der Waals surface area contributed by atoms with Crippen molar-refractivity contribution in [1.29, 1.82) is 0 Å². The van der Waals surface area contributed by atoms with Crippen molar-refractivity contribution in [2.75, 3.05) is 5.32 Å². The monoisotopic (exact) mass is 235 g/mol. The van der Waals surface area contributed by atoms with Gasteiger partial charge >= 0.3 is 0 Å². The van der Waals surface area contributed by atoms with Gasteiger partial charge in [0.2, 0.25) is 11.8 Å². The lowest BCUT2D eigenvalue weighted by molar-refractivity contribution is -0.139. The number of amides is 2. The third-order valence-electron chi connectivity index (χ3n) is 3.03. The fraction of sp³-hybridized carbons (Fsp3) is 0.417. The summed E-state index contributed by atoms with van der Waals surface area (Å²) in [4.78, 5) is 27.4. The van der Waals surface area contributed by atoms with Crippen LogP contribution in [0.1, 0.15) is 26.7 Å². The molecule has 0 bridgehead atoms. The highest BCUT2D eigenvalue weighted by atomic mass is 16.2. The summed E-state index contributed by atoms with van der Waals surface area (Å²) in [6, 6.07) is 3.42. The summed E-state index contributed by atoms with van der Waals surface area (Å²) >= 11 is 0. The molecule has 0 aliphatic heterocycles. The minimum Gasteiger partial charge on any atom is -0.369 e. The van der Waals surface area contributed by atoms with Gasteiger partial charge in [-0.3, -0.25) is 14.6 Å². The molecular weight excluding hydrogens is 218 g/mol. The van der Waals surface area contributed by atoms with Crippen LogP contribution >= 0.6 is 0 Å². The summed E-state index contributed by atoms with van der Waals surface area (Å²) in [6.07, 6.45) is 3.89. The van der Waals surface area contributed by atoms with Crippen molar-refractivity contribution in [2.45, 2.75) is 26.7 Å². The fourth-order valence-corrected chi connectivity index (χ4v) is 1.72. The highest BCUT2D eigenvalue weighted by Gasteiger charge is 2.40. The number of nitrogens with zero attached hydrogens (tertiary/aromatic N) is 1. The zero-order valence-corrected chi connectivity index (χ0v) is 10.1. The van der Waals surface area contributed by atoms with Crippen LogP contribution in [0.5, 0.6) is 0 Å². The molecule has 2 amide bonds. The Hall–Kier alpha value is -1.91. The van der Waals surface area contributed by atoms with Crippen molar-refractivity contribution >= 4 is 17.5 Å². The Bertz CT molecular complexity index is 399. The maximum atomic E-state index is 12.1. The summed E-state index contributed by atoms with van der Waals surface area (Å²) in [7, 11) is 0. The van der Waals surface area contributed by atoms with Gasteiger partial charge in [-0.05, 0) is 25.0 Å². The zero-order chi connectivity index (χ0) is 12.9. The molecule has 0 saturated carbocycles. The quantitative estimate of drug-likeness (QED) is 0.754. The van der Waals surface area contributed by atoms with E-state index in [1.54, 1.807) is 32.2 Å². The molecule has 1 aromatic heterocycles. The molecule has 0 radical (unpaired) electrons. The van der Waals surface area contributed by atoms with Crippen LogP contribution < -0.4 is 11.1 Å². The number of carbonyl (C=O) groups excluding carboxylic acids is 2. The van der Waals surface area contributed by atoms with E-state index in [1.807, 2.05) is 0 Å². The Labute approximate surface area is 100 Å². The van der Waals surface area contributed by atoms with Gasteiger partial charge in [-0.25, -0.2) is 0 Å². The van der Waals surface area contributed by atoms with E-state index >= 15 is 0 Å². The van der Waals surface area contributed by atoms with Gasteiger partial charge in [0.05, 0.1) is 11.9 Å². The van der Waals surface area contributed by atoms with E-state index in [0.717, 1.165) is 0 Å². The van der Waals surface area contributed by atoms with Crippen LogP contribution in [0.25, 0.3) is 0 Å². The van der Waals surface area contributed by atoms with Gasteiger partial charge in [0.25, 0.3) is 0 Å². The van der Waals surface area contributed by atoms with Crippen LogP contribution in [0, 0.1) is 5.41 Å². The number of hydrogen-bond acceptors (Lipinski definition) is 3. The smallest absolute Gasteiger partial charge is 0.240 e. The van der Waals surface area contributed by atoms with Gasteiger partial charge in [-0.1, -0.05) is 13.8 Å². The van der Waals surface area contributed by atoms with Crippen LogP contribution in [0.15, 0.2) is 24.5 Å². The molecule has 0 atom stereocenters. The van der Waals surface area contributed by atoms with Gasteiger partial charge in [0, 0.05) is 6.20 Å². The van der Waals surface area contributed by atoms with Gasteiger partial charge in [-0.2, -0.15) is 0 Å². The normalized spacial score (nSPS) is 10.9. The van der Waals surface area contributed by atoms with Crippen molar-refractivity contribution in [3.05, 3.63) is 24.5 Å².